The lowest BCUT2D eigenvalue weighted by Gasteiger charge is -1.97. The monoisotopic (exact) mass is 158 g/mol. The minimum atomic E-state index is 0.505. The molecule has 1 N–H and O–H groups in total. The highest BCUT2D eigenvalue weighted by molar-refractivity contribution is 6.13. The molecule has 0 fully saturated rings. The summed E-state index contributed by atoms with van der Waals surface area (Å²) in [4.78, 5) is 2.43. The van der Waals surface area contributed by atoms with E-state index < -0.39 is 0 Å². The van der Waals surface area contributed by atoms with E-state index in [0.29, 0.717) is 6.54 Å². The van der Waals surface area contributed by atoms with E-state index in [1.807, 2.05) is 6.07 Å². The summed E-state index contributed by atoms with van der Waals surface area (Å²) in [6.45, 7) is 0.505. The Morgan fingerprint density at radius 3 is 3.10 bits per heavy atom. The van der Waals surface area contributed by atoms with Crippen molar-refractivity contribution in [1.82, 2.24) is 4.84 Å². The molecule has 0 aliphatic heterocycles. The van der Waals surface area contributed by atoms with Crippen LogP contribution in [-0.4, -0.2) is 0 Å². The van der Waals surface area contributed by atoms with Gasteiger partial charge in [-0.05, 0) is 17.8 Å². The van der Waals surface area contributed by atoms with E-state index in [1.165, 1.54) is 12.4 Å². The molecule has 1 rings (SSSR count). The van der Waals surface area contributed by atoms with Gasteiger partial charge in [0.05, 0.1) is 0 Å². The number of aromatic nitrogens is 1. The molecule has 1 heterocycles. The van der Waals surface area contributed by atoms with Gasteiger partial charge in [-0.2, -0.15) is 4.73 Å². The molecule has 3 nitrogen and oxygen atoms in total. The van der Waals surface area contributed by atoms with Gasteiger partial charge in [0, 0.05) is 18.2 Å². The van der Waals surface area contributed by atoms with Crippen LogP contribution in [0.15, 0.2) is 24.5 Å². The number of pyridine rings is 1. The summed E-state index contributed by atoms with van der Waals surface area (Å²) in [5.74, 6) is 0. The second-order valence-electron chi connectivity index (χ2n) is 1.88. The minimum absolute atomic E-state index is 0.505. The van der Waals surface area contributed by atoms with E-state index >= 15 is 0 Å². The van der Waals surface area contributed by atoms with Crippen molar-refractivity contribution in [2.24, 2.45) is 0 Å². The Morgan fingerprint density at radius 1 is 1.70 bits per heavy atom. The minimum Gasteiger partial charge on any atom is -0.619 e. The third-order valence-electron chi connectivity index (χ3n) is 1.11. The second-order valence-corrected chi connectivity index (χ2v) is 2.15. The standard InChI is InChI=1S/C6H7ClN2O/c7-8-4-6-2-1-3-9(10)5-6/h1-3,5,8H,4H2. The Hall–Kier alpha value is -0.800. The van der Waals surface area contributed by atoms with Crippen LogP contribution in [0, 0.1) is 5.21 Å². The van der Waals surface area contributed by atoms with Crippen LogP contribution in [0.1, 0.15) is 5.56 Å². The lowest BCUT2D eigenvalue weighted by Crippen LogP contribution is -2.25. The highest BCUT2D eigenvalue weighted by atomic mass is 35.5. The van der Waals surface area contributed by atoms with Crippen molar-refractivity contribution >= 4 is 11.8 Å². The summed E-state index contributed by atoms with van der Waals surface area (Å²) in [6, 6.07) is 3.50. The van der Waals surface area contributed by atoms with Crippen molar-refractivity contribution in [2.75, 3.05) is 0 Å². The number of hydrogen-bond donors (Lipinski definition) is 1. The molecule has 0 bridgehead atoms. The maximum Gasteiger partial charge on any atom is 0.184 e. The normalized spacial score (nSPS) is 9.70. The predicted molar refractivity (Wildman–Crippen MR) is 38.1 cm³/mol. The molecule has 0 unspecified atom stereocenters. The maximum absolute atomic E-state index is 10.6. The average Bonchev–Trinajstić information content (AvgIpc) is 1.88. The highest BCUT2D eigenvalue weighted by Crippen LogP contribution is 1.92. The Labute approximate surface area is 63.9 Å². The van der Waals surface area contributed by atoms with Crippen LogP contribution in [-0.2, 0) is 6.54 Å². The highest BCUT2D eigenvalue weighted by Gasteiger charge is 1.93. The zero-order chi connectivity index (χ0) is 7.40. The van der Waals surface area contributed by atoms with Crippen LogP contribution in [0.25, 0.3) is 0 Å². The van der Waals surface area contributed by atoms with Crippen LogP contribution in [0.4, 0.5) is 0 Å². The van der Waals surface area contributed by atoms with Gasteiger partial charge in [0.1, 0.15) is 0 Å². The molecule has 4 heteroatoms. The number of nitrogens with zero attached hydrogens (tertiary/aromatic N) is 1. The van der Waals surface area contributed by atoms with Crippen molar-refractivity contribution in [3.63, 3.8) is 0 Å². The van der Waals surface area contributed by atoms with Gasteiger partial charge in [-0.25, -0.2) is 4.84 Å². The van der Waals surface area contributed by atoms with E-state index in [1.54, 1.807) is 6.07 Å². The van der Waals surface area contributed by atoms with Crippen molar-refractivity contribution < 1.29 is 4.73 Å². The molecule has 10 heavy (non-hydrogen) atoms. The van der Waals surface area contributed by atoms with Crippen LogP contribution in [0.5, 0.6) is 0 Å². The molecule has 0 amide bonds. The van der Waals surface area contributed by atoms with Gasteiger partial charge < -0.3 is 5.21 Å². The molecule has 0 aliphatic rings. The largest absolute Gasteiger partial charge is 0.619 e. The third-order valence-corrected chi connectivity index (χ3v) is 1.24. The molecule has 0 saturated carbocycles. The van der Waals surface area contributed by atoms with Gasteiger partial charge in [-0.15, -0.1) is 0 Å². The molecule has 1 aromatic heterocycles. The molecule has 54 valence electrons. The quantitative estimate of drug-likeness (QED) is 0.388. The first-order valence-electron chi connectivity index (χ1n) is 2.84. The molecule has 0 saturated heterocycles. The Kier molecular flexibility index (Phi) is 2.48. The van der Waals surface area contributed by atoms with E-state index in [2.05, 4.69) is 4.84 Å². The maximum atomic E-state index is 10.6. The Balaban J connectivity index is 2.75. The van der Waals surface area contributed by atoms with E-state index in [0.717, 1.165) is 10.3 Å². The summed E-state index contributed by atoms with van der Waals surface area (Å²) in [5, 5.41) is 10.6. The van der Waals surface area contributed by atoms with Crippen molar-refractivity contribution in [3.05, 3.63) is 35.3 Å². The molecule has 1 aromatic rings. The van der Waals surface area contributed by atoms with E-state index in [-0.39, 0.29) is 0 Å². The van der Waals surface area contributed by atoms with Gasteiger partial charge in [-0.1, -0.05) is 0 Å². The van der Waals surface area contributed by atoms with Gasteiger partial charge in [0.15, 0.2) is 12.4 Å². The van der Waals surface area contributed by atoms with Crippen LogP contribution in [0.3, 0.4) is 0 Å². The third kappa shape index (κ3) is 1.86. The zero-order valence-corrected chi connectivity index (χ0v) is 6.01. The molecule has 0 radical (unpaired) electrons. The predicted octanol–water partition coefficient (Wildman–Crippen LogP) is 0.563. The Morgan fingerprint density at radius 2 is 2.50 bits per heavy atom. The number of rotatable bonds is 2. The smallest absolute Gasteiger partial charge is 0.184 e. The zero-order valence-electron chi connectivity index (χ0n) is 5.25. The van der Waals surface area contributed by atoms with Gasteiger partial charge >= 0.3 is 0 Å². The van der Waals surface area contributed by atoms with E-state index in [4.69, 9.17) is 11.8 Å². The lowest BCUT2D eigenvalue weighted by molar-refractivity contribution is -0.605. The topological polar surface area (TPSA) is 39.0 Å². The van der Waals surface area contributed by atoms with Crippen molar-refractivity contribution in [2.45, 2.75) is 6.54 Å². The first kappa shape index (κ1) is 7.31. The van der Waals surface area contributed by atoms with Gasteiger partial charge in [0.25, 0.3) is 0 Å². The molecular formula is C6H7ClN2O. The molecule has 0 aromatic carbocycles. The van der Waals surface area contributed by atoms with Crippen LogP contribution < -0.4 is 9.57 Å². The first-order valence-corrected chi connectivity index (χ1v) is 3.22. The lowest BCUT2D eigenvalue weighted by atomic mass is 10.3. The fourth-order valence-electron chi connectivity index (χ4n) is 0.683. The average molecular weight is 159 g/mol. The second kappa shape index (κ2) is 3.39. The summed E-state index contributed by atoms with van der Waals surface area (Å²) >= 11 is 5.23. The SMILES string of the molecule is [O-][n+]1cccc(CNCl)c1. The molecule has 0 spiro atoms. The summed E-state index contributed by atoms with van der Waals surface area (Å²) in [7, 11) is 0. The van der Waals surface area contributed by atoms with Crippen molar-refractivity contribution in [1.29, 1.82) is 0 Å². The molecular weight excluding hydrogens is 152 g/mol. The molecule has 0 atom stereocenters. The fourth-order valence-corrected chi connectivity index (χ4v) is 0.837. The van der Waals surface area contributed by atoms with E-state index in [9.17, 15) is 5.21 Å². The summed E-state index contributed by atoms with van der Waals surface area (Å²) in [6.07, 6.45) is 2.90. The Bertz CT molecular complexity index is 217. The van der Waals surface area contributed by atoms with Crippen LogP contribution >= 0.6 is 11.8 Å². The first-order chi connectivity index (χ1) is 4.83. The fraction of sp³-hybridized carbons (Fsp3) is 0.167. The summed E-state index contributed by atoms with van der Waals surface area (Å²) in [5.41, 5.74) is 0.868. The number of halogens is 1. The number of hydrogen-bond acceptors (Lipinski definition) is 2. The van der Waals surface area contributed by atoms with Crippen LogP contribution in [0.2, 0.25) is 0 Å². The van der Waals surface area contributed by atoms with Gasteiger partial charge in [0.2, 0.25) is 0 Å². The number of nitrogens with one attached hydrogen (secondary N) is 1. The molecule has 0 aliphatic carbocycles. The summed E-state index contributed by atoms with van der Waals surface area (Å²) < 4.78 is 0.740. The van der Waals surface area contributed by atoms with Crippen molar-refractivity contribution in [3.8, 4) is 0 Å². The van der Waals surface area contributed by atoms with Gasteiger partial charge in [-0.3, -0.25) is 0 Å².